The van der Waals surface area contributed by atoms with Crippen molar-refractivity contribution in [3.05, 3.63) is 46.3 Å². The number of hydrogen-bond acceptors (Lipinski definition) is 2. The van der Waals surface area contributed by atoms with Gasteiger partial charge in [-0.05, 0) is 17.5 Å². The Hall–Kier alpha value is -1.51. The lowest BCUT2D eigenvalue weighted by Crippen LogP contribution is -2.50. The van der Waals surface area contributed by atoms with Gasteiger partial charge in [-0.1, -0.05) is 35.4 Å². The van der Waals surface area contributed by atoms with Crippen LogP contribution < -0.4 is 0 Å². The zero-order chi connectivity index (χ0) is 10.5. The number of nitrogens with zero attached hydrogens (tertiary/aromatic N) is 4. The molecule has 0 atom stereocenters. The largest absolute Gasteiger partial charge is 0.302 e. The summed E-state index contributed by atoms with van der Waals surface area (Å²) < 4.78 is 0. The van der Waals surface area contributed by atoms with Crippen molar-refractivity contribution < 1.29 is 0 Å². The number of rotatable bonds is 4. The van der Waals surface area contributed by atoms with Crippen LogP contribution in [0.2, 0.25) is 0 Å². The van der Waals surface area contributed by atoms with Crippen LogP contribution in [0.3, 0.4) is 0 Å². The third kappa shape index (κ3) is 2.72. The monoisotopic (exact) mass is 202 g/mol. The molecule has 1 aliphatic heterocycles. The molecule has 1 aromatic carbocycles. The number of azide groups is 1. The standard InChI is InChI=1S/C11H14N4/c12-14-13-11-8-15(9-11)7-6-10-4-2-1-3-5-10/h1-5,11H,6-9H2. The normalized spacial score (nSPS) is 16.8. The van der Waals surface area contributed by atoms with Crippen LogP contribution in [0, 0.1) is 0 Å². The summed E-state index contributed by atoms with van der Waals surface area (Å²) in [4.78, 5) is 5.12. The van der Waals surface area contributed by atoms with E-state index in [9.17, 15) is 0 Å². The zero-order valence-electron chi connectivity index (χ0n) is 8.58. The summed E-state index contributed by atoms with van der Waals surface area (Å²) in [5, 5.41) is 3.67. The van der Waals surface area contributed by atoms with E-state index in [1.54, 1.807) is 0 Å². The van der Waals surface area contributed by atoms with E-state index in [0.29, 0.717) is 0 Å². The Morgan fingerprint density at radius 1 is 1.33 bits per heavy atom. The lowest BCUT2D eigenvalue weighted by molar-refractivity contribution is 0.153. The summed E-state index contributed by atoms with van der Waals surface area (Å²) in [5.41, 5.74) is 9.60. The number of benzene rings is 1. The quantitative estimate of drug-likeness (QED) is 0.419. The van der Waals surface area contributed by atoms with Crippen molar-refractivity contribution in [3.8, 4) is 0 Å². The summed E-state index contributed by atoms with van der Waals surface area (Å²) in [6, 6.07) is 10.6. The van der Waals surface area contributed by atoms with Crippen molar-refractivity contribution >= 4 is 0 Å². The average Bonchev–Trinajstić information content (AvgIpc) is 2.23. The fourth-order valence-electron chi connectivity index (χ4n) is 1.80. The summed E-state index contributed by atoms with van der Waals surface area (Å²) in [7, 11) is 0. The van der Waals surface area contributed by atoms with Gasteiger partial charge in [-0.3, -0.25) is 0 Å². The fraction of sp³-hybridized carbons (Fsp3) is 0.455. The summed E-state index contributed by atoms with van der Waals surface area (Å²) in [6.45, 7) is 2.88. The Labute approximate surface area is 89.1 Å². The molecule has 0 bridgehead atoms. The predicted molar refractivity (Wildman–Crippen MR) is 59.5 cm³/mol. The van der Waals surface area contributed by atoms with E-state index in [2.05, 4.69) is 39.2 Å². The van der Waals surface area contributed by atoms with E-state index in [0.717, 1.165) is 26.1 Å². The average molecular weight is 202 g/mol. The maximum atomic E-state index is 8.24. The van der Waals surface area contributed by atoms with Crippen LogP contribution in [0.25, 0.3) is 10.4 Å². The Morgan fingerprint density at radius 2 is 2.07 bits per heavy atom. The molecule has 1 aromatic rings. The molecule has 0 spiro atoms. The minimum Gasteiger partial charge on any atom is -0.302 e. The third-order valence-corrected chi connectivity index (χ3v) is 2.71. The van der Waals surface area contributed by atoms with Gasteiger partial charge in [0.15, 0.2) is 0 Å². The molecule has 4 heteroatoms. The molecule has 1 saturated heterocycles. The molecule has 0 aromatic heterocycles. The van der Waals surface area contributed by atoms with Crippen LogP contribution in [0.1, 0.15) is 5.56 Å². The molecule has 0 saturated carbocycles. The molecule has 1 heterocycles. The van der Waals surface area contributed by atoms with Crippen LogP contribution in [0.5, 0.6) is 0 Å². The van der Waals surface area contributed by atoms with Crippen LogP contribution in [0.15, 0.2) is 35.4 Å². The Kier molecular flexibility index (Phi) is 3.22. The lowest BCUT2D eigenvalue weighted by atomic mass is 10.1. The Bertz CT molecular complexity index is 350. The minimum atomic E-state index is 0.200. The van der Waals surface area contributed by atoms with Gasteiger partial charge in [-0.15, -0.1) is 0 Å². The van der Waals surface area contributed by atoms with E-state index in [1.165, 1.54) is 5.56 Å². The molecule has 15 heavy (non-hydrogen) atoms. The first-order valence-electron chi connectivity index (χ1n) is 5.19. The van der Waals surface area contributed by atoms with Crippen molar-refractivity contribution in [1.82, 2.24) is 4.90 Å². The molecule has 1 aliphatic rings. The van der Waals surface area contributed by atoms with E-state index in [-0.39, 0.29) is 6.04 Å². The first-order valence-corrected chi connectivity index (χ1v) is 5.19. The topological polar surface area (TPSA) is 52.0 Å². The molecule has 0 amide bonds. The van der Waals surface area contributed by atoms with Gasteiger partial charge in [0.05, 0.1) is 6.04 Å². The van der Waals surface area contributed by atoms with Gasteiger partial charge in [-0.2, -0.15) is 0 Å². The first kappa shape index (κ1) is 10.0. The maximum absolute atomic E-state index is 8.24. The highest BCUT2D eigenvalue weighted by molar-refractivity contribution is 5.15. The second-order valence-corrected chi connectivity index (χ2v) is 3.85. The van der Waals surface area contributed by atoms with Crippen LogP contribution in [-0.4, -0.2) is 30.6 Å². The van der Waals surface area contributed by atoms with Gasteiger partial charge in [0.25, 0.3) is 0 Å². The van der Waals surface area contributed by atoms with Crippen molar-refractivity contribution in [3.63, 3.8) is 0 Å². The third-order valence-electron chi connectivity index (χ3n) is 2.71. The summed E-state index contributed by atoms with van der Waals surface area (Å²) in [5.74, 6) is 0. The van der Waals surface area contributed by atoms with Crippen LogP contribution in [-0.2, 0) is 6.42 Å². The molecule has 2 rings (SSSR count). The highest BCUT2D eigenvalue weighted by Gasteiger charge is 2.24. The van der Waals surface area contributed by atoms with Gasteiger partial charge in [0, 0.05) is 24.5 Å². The minimum absolute atomic E-state index is 0.200. The zero-order valence-corrected chi connectivity index (χ0v) is 8.58. The van der Waals surface area contributed by atoms with Gasteiger partial charge >= 0.3 is 0 Å². The molecule has 1 fully saturated rings. The van der Waals surface area contributed by atoms with Crippen molar-refractivity contribution in [1.29, 1.82) is 0 Å². The highest BCUT2D eigenvalue weighted by atomic mass is 15.3. The fourth-order valence-corrected chi connectivity index (χ4v) is 1.80. The highest BCUT2D eigenvalue weighted by Crippen LogP contribution is 2.12. The maximum Gasteiger partial charge on any atom is 0.0628 e. The molecule has 0 aliphatic carbocycles. The van der Waals surface area contributed by atoms with Crippen molar-refractivity contribution in [2.45, 2.75) is 12.5 Å². The van der Waals surface area contributed by atoms with Gasteiger partial charge in [0.2, 0.25) is 0 Å². The Morgan fingerprint density at radius 3 is 2.73 bits per heavy atom. The lowest BCUT2D eigenvalue weighted by Gasteiger charge is -2.36. The second-order valence-electron chi connectivity index (χ2n) is 3.85. The van der Waals surface area contributed by atoms with Crippen molar-refractivity contribution in [2.24, 2.45) is 5.11 Å². The van der Waals surface area contributed by atoms with E-state index in [4.69, 9.17) is 5.53 Å². The molecule has 78 valence electrons. The molecular formula is C11H14N4. The second kappa shape index (κ2) is 4.82. The Balaban J connectivity index is 1.71. The molecule has 0 N–H and O–H groups in total. The number of hydrogen-bond donors (Lipinski definition) is 0. The number of likely N-dealkylation sites (tertiary alicyclic amines) is 1. The first-order chi connectivity index (χ1) is 7.38. The van der Waals surface area contributed by atoms with Crippen LogP contribution >= 0.6 is 0 Å². The van der Waals surface area contributed by atoms with Crippen molar-refractivity contribution in [2.75, 3.05) is 19.6 Å². The van der Waals surface area contributed by atoms with Gasteiger partial charge in [-0.25, -0.2) is 0 Å². The van der Waals surface area contributed by atoms with E-state index < -0.39 is 0 Å². The molecular weight excluding hydrogens is 188 g/mol. The summed E-state index contributed by atoms with van der Waals surface area (Å²) >= 11 is 0. The van der Waals surface area contributed by atoms with Crippen LogP contribution in [0.4, 0.5) is 0 Å². The van der Waals surface area contributed by atoms with Gasteiger partial charge in [0.1, 0.15) is 0 Å². The molecule has 0 radical (unpaired) electrons. The van der Waals surface area contributed by atoms with Gasteiger partial charge < -0.3 is 4.90 Å². The smallest absolute Gasteiger partial charge is 0.0628 e. The van der Waals surface area contributed by atoms with E-state index in [1.807, 2.05) is 6.07 Å². The molecule has 4 nitrogen and oxygen atoms in total. The SMILES string of the molecule is [N-]=[N+]=NC1CN(CCc2ccccc2)C1. The predicted octanol–water partition coefficient (Wildman–Crippen LogP) is 2.22. The summed E-state index contributed by atoms with van der Waals surface area (Å²) in [6.07, 6.45) is 1.07. The molecule has 0 unspecified atom stereocenters. The van der Waals surface area contributed by atoms with E-state index >= 15 is 0 Å².